The average Bonchev–Trinajstić information content (AvgIpc) is 2.45. The van der Waals surface area contributed by atoms with E-state index in [-0.39, 0.29) is 39.1 Å². The van der Waals surface area contributed by atoms with Crippen LogP contribution < -0.4 is 10.9 Å². The number of anilines is 1. The molecule has 0 spiro atoms. The Morgan fingerprint density at radius 3 is 2.64 bits per heavy atom. The van der Waals surface area contributed by atoms with E-state index in [0.29, 0.717) is 10.6 Å². The van der Waals surface area contributed by atoms with Gasteiger partial charge in [0.2, 0.25) is 5.28 Å². The first-order valence-corrected chi connectivity index (χ1v) is 6.64. The summed E-state index contributed by atoms with van der Waals surface area (Å²) in [6.45, 7) is 1.70. The zero-order valence-electron chi connectivity index (χ0n) is 11.1. The van der Waals surface area contributed by atoms with E-state index in [1.807, 2.05) is 0 Å². The SMILES string of the molecule is CCc1c(Cl)c([N+](=O)[O-])cc2nc(Cl)nc(N(N)C(=O)O)c12. The molecule has 0 saturated heterocycles. The second-order valence-corrected chi connectivity index (χ2v) is 4.88. The summed E-state index contributed by atoms with van der Waals surface area (Å²) in [5.41, 5.74) is 0.0412. The molecule has 11 heteroatoms. The van der Waals surface area contributed by atoms with Crippen molar-refractivity contribution in [2.24, 2.45) is 5.84 Å². The Morgan fingerprint density at radius 1 is 1.50 bits per heavy atom. The Balaban J connectivity index is 2.97. The molecule has 1 amide bonds. The number of nitro benzene ring substituents is 1. The van der Waals surface area contributed by atoms with Gasteiger partial charge in [0.05, 0.1) is 15.8 Å². The summed E-state index contributed by atoms with van der Waals surface area (Å²) in [4.78, 5) is 29.2. The number of nitrogens with zero attached hydrogens (tertiary/aromatic N) is 4. The number of nitro groups is 1. The van der Waals surface area contributed by atoms with Crippen LogP contribution in [0, 0.1) is 10.1 Å². The molecule has 1 aromatic carbocycles. The predicted molar refractivity (Wildman–Crippen MR) is 80.3 cm³/mol. The van der Waals surface area contributed by atoms with E-state index in [2.05, 4.69) is 9.97 Å². The molecule has 1 aromatic heterocycles. The van der Waals surface area contributed by atoms with Crippen LogP contribution in [-0.4, -0.2) is 26.1 Å². The van der Waals surface area contributed by atoms with Gasteiger partial charge >= 0.3 is 6.09 Å². The van der Waals surface area contributed by atoms with Crippen LogP contribution in [0.2, 0.25) is 10.3 Å². The molecule has 3 N–H and O–H groups in total. The second-order valence-electron chi connectivity index (χ2n) is 4.16. The minimum absolute atomic E-state index is 0.0830. The van der Waals surface area contributed by atoms with Crippen LogP contribution in [0.1, 0.15) is 12.5 Å². The van der Waals surface area contributed by atoms with Crippen LogP contribution in [0.15, 0.2) is 6.07 Å². The molecular weight excluding hydrogens is 337 g/mol. The van der Waals surface area contributed by atoms with Gasteiger partial charge in [0.1, 0.15) is 5.02 Å². The third-order valence-electron chi connectivity index (χ3n) is 2.94. The number of rotatable bonds is 3. The van der Waals surface area contributed by atoms with Gasteiger partial charge in [0.25, 0.3) is 5.69 Å². The monoisotopic (exact) mass is 345 g/mol. The highest BCUT2D eigenvalue weighted by atomic mass is 35.5. The maximum Gasteiger partial charge on any atom is 0.427 e. The third kappa shape index (κ3) is 2.61. The highest BCUT2D eigenvalue weighted by molar-refractivity contribution is 6.35. The lowest BCUT2D eigenvalue weighted by molar-refractivity contribution is -0.384. The molecule has 2 rings (SSSR count). The fourth-order valence-corrected chi connectivity index (χ4v) is 2.54. The number of carboxylic acid groups (broad SMARTS) is 1. The Kier molecular flexibility index (Phi) is 4.31. The minimum Gasteiger partial charge on any atom is -0.464 e. The van der Waals surface area contributed by atoms with Crippen molar-refractivity contribution in [3.05, 3.63) is 32.1 Å². The summed E-state index contributed by atoms with van der Waals surface area (Å²) in [7, 11) is 0. The quantitative estimate of drug-likeness (QED) is 0.287. The Labute approximate surface area is 133 Å². The minimum atomic E-state index is -1.48. The molecule has 0 saturated carbocycles. The smallest absolute Gasteiger partial charge is 0.427 e. The van der Waals surface area contributed by atoms with Gasteiger partial charge in [0.15, 0.2) is 5.82 Å². The number of hydrazine groups is 1. The molecule has 0 aliphatic rings. The van der Waals surface area contributed by atoms with E-state index in [0.717, 1.165) is 6.07 Å². The molecule has 0 bridgehead atoms. The summed E-state index contributed by atoms with van der Waals surface area (Å²) in [6.07, 6.45) is -1.20. The fraction of sp³-hybridized carbons (Fsp3) is 0.182. The lowest BCUT2D eigenvalue weighted by atomic mass is 10.0. The molecule has 9 nitrogen and oxygen atoms in total. The van der Waals surface area contributed by atoms with Gasteiger partial charge < -0.3 is 5.11 Å². The van der Waals surface area contributed by atoms with E-state index >= 15 is 0 Å². The number of nitrogens with two attached hydrogens (primary N) is 1. The fourth-order valence-electron chi connectivity index (χ4n) is 2.02. The van der Waals surface area contributed by atoms with E-state index in [4.69, 9.17) is 34.2 Å². The van der Waals surface area contributed by atoms with Gasteiger partial charge in [-0.3, -0.25) is 10.1 Å². The Bertz CT molecular complexity index is 798. The van der Waals surface area contributed by atoms with Gasteiger partial charge in [-0.05, 0) is 23.6 Å². The van der Waals surface area contributed by atoms with Gasteiger partial charge in [-0.15, -0.1) is 0 Å². The predicted octanol–water partition coefficient (Wildman–Crippen LogP) is 2.77. The number of hydrogen-bond donors (Lipinski definition) is 2. The highest BCUT2D eigenvalue weighted by Crippen LogP contribution is 2.38. The van der Waals surface area contributed by atoms with Crippen LogP contribution in [0.4, 0.5) is 16.3 Å². The summed E-state index contributed by atoms with van der Waals surface area (Å²) < 4.78 is 0. The molecule has 2 aromatic rings. The molecule has 0 aliphatic carbocycles. The number of hydrogen-bond acceptors (Lipinski definition) is 6. The van der Waals surface area contributed by atoms with Gasteiger partial charge in [-0.2, -0.15) is 9.99 Å². The van der Waals surface area contributed by atoms with Crippen LogP contribution in [0.25, 0.3) is 10.9 Å². The maximum atomic E-state index is 11.1. The first-order valence-electron chi connectivity index (χ1n) is 5.88. The molecule has 0 fully saturated rings. The van der Waals surface area contributed by atoms with Gasteiger partial charge in [0, 0.05) is 6.07 Å². The van der Waals surface area contributed by atoms with Crippen molar-refractivity contribution >= 4 is 51.7 Å². The van der Waals surface area contributed by atoms with E-state index in [1.165, 1.54) is 0 Å². The average molecular weight is 346 g/mol. The van der Waals surface area contributed by atoms with Gasteiger partial charge in [-0.1, -0.05) is 18.5 Å². The van der Waals surface area contributed by atoms with Crippen molar-refractivity contribution in [3.8, 4) is 0 Å². The summed E-state index contributed by atoms with van der Waals surface area (Å²) in [5, 5.41) is 20.2. The molecular formula is C11H9Cl2N5O4. The molecule has 0 unspecified atom stereocenters. The summed E-state index contributed by atoms with van der Waals surface area (Å²) in [6, 6.07) is 1.10. The van der Waals surface area contributed by atoms with Crippen molar-refractivity contribution < 1.29 is 14.8 Å². The number of aromatic nitrogens is 2. The number of aryl methyl sites for hydroxylation is 1. The van der Waals surface area contributed by atoms with Crippen LogP contribution >= 0.6 is 23.2 Å². The standard InChI is InChI=1S/C11H9Cl2N5O4/c1-2-4-7-5(3-6(8(4)12)18(21)22)15-10(13)16-9(7)17(14)11(19)20/h3H,2,14H2,1H3,(H,19,20). The first-order chi connectivity index (χ1) is 10.3. The van der Waals surface area contributed by atoms with Crippen molar-refractivity contribution in [2.75, 3.05) is 5.01 Å². The largest absolute Gasteiger partial charge is 0.464 e. The number of benzene rings is 1. The second kappa shape index (κ2) is 5.87. The van der Waals surface area contributed by atoms with Crippen LogP contribution in [0.3, 0.4) is 0 Å². The first kappa shape index (κ1) is 16.1. The number of fused-ring (bicyclic) bond motifs is 1. The topological polar surface area (TPSA) is 135 Å². The summed E-state index contributed by atoms with van der Waals surface area (Å²) >= 11 is 11.8. The molecule has 1 heterocycles. The van der Waals surface area contributed by atoms with Gasteiger partial charge in [-0.25, -0.2) is 15.6 Å². The lowest BCUT2D eigenvalue weighted by Gasteiger charge is -2.16. The molecule has 0 radical (unpaired) electrons. The summed E-state index contributed by atoms with van der Waals surface area (Å²) in [5.74, 6) is 5.25. The lowest BCUT2D eigenvalue weighted by Crippen LogP contribution is -2.37. The Morgan fingerprint density at radius 2 is 2.14 bits per heavy atom. The zero-order chi connectivity index (χ0) is 16.6. The maximum absolute atomic E-state index is 11.1. The number of halogens is 2. The van der Waals surface area contributed by atoms with Crippen molar-refractivity contribution in [1.29, 1.82) is 0 Å². The van der Waals surface area contributed by atoms with Crippen molar-refractivity contribution in [3.63, 3.8) is 0 Å². The van der Waals surface area contributed by atoms with E-state index in [9.17, 15) is 14.9 Å². The van der Waals surface area contributed by atoms with Crippen LogP contribution in [-0.2, 0) is 6.42 Å². The molecule has 0 aliphatic heterocycles. The highest BCUT2D eigenvalue weighted by Gasteiger charge is 2.25. The third-order valence-corrected chi connectivity index (χ3v) is 3.53. The Hall–Kier alpha value is -2.23. The van der Waals surface area contributed by atoms with E-state index in [1.54, 1.807) is 6.92 Å². The molecule has 116 valence electrons. The van der Waals surface area contributed by atoms with Crippen LogP contribution in [0.5, 0.6) is 0 Å². The van der Waals surface area contributed by atoms with E-state index < -0.39 is 11.0 Å². The normalized spacial score (nSPS) is 10.7. The molecule has 0 atom stereocenters. The van der Waals surface area contributed by atoms with Crippen molar-refractivity contribution in [2.45, 2.75) is 13.3 Å². The number of amides is 1. The number of carbonyl (C=O) groups is 1. The molecule has 22 heavy (non-hydrogen) atoms. The van der Waals surface area contributed by atoms with Crippen molar-refractivity contribution in [1.82, 2.24) is 9.97 Å². The zero-order valence-corrected chi connectivity index (χ0v) is 12.6.